The van der Waals surface area contributed by atoms with Crippen molar-refractivity contribution < 1.29 is 0 Å². The number of benzene rings is 1. The standard InChI is InChI=1S/C18H22/c1-4-7-16(12-14(2)3)18-11-10-15-8-5-6-9-17(15)13-18/h4,7,10-13H,2,5-6,8-9H2,1,3H3/b7-4-,16-12+. The molecule has 0 amide bonds. The average molecular weight is 238 g/mol. The second kappa shape index (κ2) is 5.86. The van der Waals surface area contributed by atoms with Crippen molar-refractivity contribution >= 4 is 5.57 Å². The molecule has 0 saturated heterocycles. The Morgan fingerprint density at radius 3 is 2.56 bits per heavy atom. The molecule has 1 aliphatic carbocycles. The molecule has 1 aromatic carbocycles. The summed E-state index contributed by atoms with van der Waals surface area (Å²) < 4.78 is 0. The lowest BCUT2D eigenvalue weighted by molar-refractivity contribution is 0.685. The molecule has 0 radical (unpaired) electrons. The van der Waals surface area contributed by atoms with Gasteiger partial charge in [0.25, 0.3) is 0 Å². The van der Waals surface area contributed by atoms with Crippen LogP contribution in [0, 0.1) is 0 Å². The van der Waals surface area contributed by atoms with Crippen molar-refractivity contribution in [1.29, 1.82) is 0 Å². The molecule has 0 heterocycles. The number of aryl methyl sites for hydroxylation is 2. The molecule has 0 saturated carbocycles. The lowest BCUT2D eigenvalue weighted by atomic mass is 9.89. The van der Waals surface area contributed by atoms with Crippen LogP contribution in [0.2, 0.25) is 0 Å². The van der Waals surface area contributed by atoms with Crippen LogP contribution in [0.3, 0.4) is 0 Å². The summed E-state index contributed by atoms with van der Waals surface area (Å²) in [6.45, 7) is 8.08. The Balaban J connectivity index is 2.39. The maximum absolute atomic E-state index is 3.98. The van der Waals surface area contributed by atoms with E-state index in [0.29, 0.717) is 0 Å². The van der Waals surface area contributed by atoms with E-state index >= 15 is 0 Å². The SMILES string of the molecule is C=C(C)/C=C(\C=C/C)c1ccc2c(c1)CCCC2. The van der Waals surface area contributed by atoms with E-state index in [2.05, 4.69) is 49.9 Å². The van der Waals surface area contributed by atoms with Crippen LogP contribution in [0.1, 0.15) is 43.4 Å². The largest absolute Gasteiger partial charge is 0.0961 e. The fourth-order valence-corrected chi connectivity index (χ4v) is 2.59. The van der Waals surface area contributed by atoms with Gasteiger partial charge < -0.3 is 0 Å². The Kier molecular flexibility index (Phi) is 4.19. The molecular weight excluding hydrogens is 216 g/mol. The zero-order chi connectivity index (χ0) is 13.0. The van der Waals surface area contributed by atoms with Gasteiger partial charge in [-0.2, -0.15) is 0 Å². The van der Waals surface area contributed by atoms with Crippen molar-refractivity contribution in [3.05, 3.63) is 65.3 Å². The highest BCUT2D eigenvalue weighted by Gasteiger charge is 2.10. The smallest absolute Gasteiger partial charge is 0.0181 e. The molecule has 0 spiro atoms. The van der Waals surface area contributed by atoms with Crippen LogP contribution < -0.4 is 0 Å². The maximum Gasteiger partial charge on any atom is -0.0181 e. The Hall–Kier alpha value is -1.56. The minimum Gasteiger partial charge on any atom is -0.0961 e. The second-order valence-electron chi connectivity index (χ2n) is 5.14. The lowest BCUT2D eigenvalue weighted by Crippen LogP contribution is -2.02. The van der Waals surface area contributed by atoms with Crippen LogP contribution in [-0.2, 0) is 12.8 Å². The van der Waals surface area contributed by atoms with E-state index in [9.17, 15) is 0 Å². The lowest BCUT2D eigenvalue weighted by Gasteiger charge is -2.17. The van der Waals surface area contributed by atoms with E-state index in [1.807, 2.05) is 6.92 Å². The Labute approximate surface area is 111 Å². The molecule has 94 valence electrons. The van der Waals surface area contributed by atoms with Crippen molar-refractivity contribution in [1.82, 2.24) is 0 Å². The molecule has 0 nitrogen and oxygen atoms in total. The van der Waals surface area contributed by atoms with Crippen LogP contribution in [-0.4, -0.2) is 0 Å². The number of hydrogen-bond donors (Lipinski definition) is 0. The molecule has 2 rings (SSSR count). The van der Waals surface area contributed by atoms with Crippen molar-refractivity contribution in [2.45, 2.75) is 39.5 Å². The van der Waals surface area contributed by atoms with Gasteiger partial charge in [-0.1, -0.05) is 48.6 Å². The van der Waals surface area contributed by atoms with Gasteiger partial charge in [0, 0.05) is 0 Å². The van der Waals surface area contributed by atoms with Gasteiger partial charge in [0.05, 0.1) is 0 Å². The third-order valence-corrected chi connectivity index (χ3v) is 3.43. The van der Waals surface area contributed by atoms with Crippen molar-refractivity contribution in [2.24, 2.45) is 0 Å². The average Bonchev–Trinajstić information content (AvgIpc) is 2.37. The van der Waals surface area contributed by atoms with Gasteiger partial charge >= 0.3 is 0 Å². The summed E-state index contributed by atoms with van der Waals surface area (Å²) in [4.78, 5) is 0. The molecule has 0 unspecified atom stereocenters. The van der Waals surface area contributed by atoms with Crippen LogP contribution in [0.15, 0.2) is 48.6 Å². The van der Waals surface area contributed by atoms with Gasteiger partial charge in [0.15, 0.2) is 0 Å². The highest BCUT2D eigenvalue weighted by molar-refractivity contribution is 5.76. The van der Waals surface area contributed by atoms with Crippen molar-refractivity contribution in [3.63, 3.8) is 0 Å². The normalized spacial score (nSPS) is 15.8. The van der Waals surface area contributed by atoms with E-state index in [1.165, 1.54) is 42.4 Å². The molecule has 0 aliphatic heterocycles. The Bertz CT molecular complexity index is 501. The van der Waals surface area contributed by atoms with Gasteiger partial charge in [-0.25, -0.2) is 0 Å². The molecule has 1 aliphatic rings. The van der Waals surface area contributed by atoms with E-state index in [4.69, 9.17) is 0 Å². The maximum atomic E-state index is 3.98. The summed E-state index contributed by atoms with van der Waals surface area (Å²) in [6.07, 6.45) is 11.6. The van der Waals surface area contributed by atoms with Gasteiger partial charge in [0.1, 0.15) is 0 Å². The van der Waals surface area contributed by atoms with E-state index in [0.717, 1.165) is 5.57 Å². The Morgan fingerprint density at radius 2 is 1.89 bits per heavy atom. The molecular formula is C18H22. The topological polar surface area (TPSA) is 0 Å². The van der Waals surface area contributed by atoms with E-state index < -0.39 is 0 Å². The summed E-state index contributed by atoms with van der Waals surface area (Å²) in [5.74, 6) is 0. The van der Waals surface area contributed by atoms with E-state index in [1.54, 1.807) is 5.56 Å². The Morgan fingerprint density at radius 1 is 1.17 bits per heavy atom. The van der Waals surface area contributed by atoms with Crippen LogP contribution >= 0.6 is 0 Å². The number of allylic oxidation sites excluding steroid dienone is 5. The minimum atomic E-state index is 1.10. The zero-order valence-corrected chi connectivity index (χ0v) is 11.5. The number of hydrogen-bond acceptors (Lipinski definition) is 0. The molecule has 0 aromatic heterocycles. The molecule has 0 bridgehead atoms. The highest BCUT2D eigenvalue weighted by atomic mass is 14.1. The highest BCUT2D eigenvalue weighted by Crippen LogP contribution is 2.26. The fourth-order valence-electron chi connectivity index (χ4n) is 2.59. The quantitative estimate of drug-likeness (QED) is 0.643. The monoisotopic (exact) mass is 238 g/mol. The summed E-state index contributed by atoms with van der Waals surface area (Å²) in [5.41, 5.74) is 6.76. The first-order valence-corrected chi connectivity index (χ1v) is 6.83. The molecule has 1 aromatic rings. The first-order chi connectivity index (χ1) is 8.70. The van der Waals surface area contributed by atoms with Gasteiger partial charge in [-0.3, -0.25) is 0 Å². The molecule has 0 fully saturated rings. The predicted octanol–water partition coefficient (Wildman–Crippen LogP) is 5.10. The van der Waals surface area contributed by atoms with Crippen LogP contribution in [0.4, 0.5) is 0 Å². The number of rotatable bonds is 3. The van der Waals surface area contributed by atoms with Gasteiger partial charge in [-0.15, -0.1) is 0 Å². The van der Waals surface area contributed by atoms with Crippen LogP contribution in [0.25, 0.3) is 5.57 Å². The van der Waals surface area contributed by atoms with Gasteiger partial charge in [-0.05, 0) is 61.8 Å². The molecule has 18 heavy (non-hydrogen) atoms. The predicted molar refractivity (Wildman–Crippen MR) is 80.7 cm³/mol. The number of fused-ring (bicyclic) bond motifs is 1. The zero-order valence-electron chi connectivity index (χ0n) is 11.5. The van der Waals surface area contributed by atoms with Crippen LogP contribution in [0.5, 0.6) is 0 Å². The third-order valence-electron chi connectivity index (χ3n) is 3.43. The minimum absolute atomic E-state index is 1.10. The fraction of sp³-hybridized carbons (Fsp3) is 0.333. The molecule has 0 heteroatoms. The third kappa shape index (κ3) is 3.01. The first kappa shape index (κ1) is 12.9. The van der Waals surface area contributed by atoms with Crippen molar-refractivity contribution in [3.8, 4) is 0 Å². The van der Waals surface area contributed by atoms with E-state index in [-0.39, 0.29) is 0 Å². The van der Waals surface area contributed by atoms with Crippen molar-refractivity contribution in [2.75, 3.05) is 0 Å². The summed E-state index contributed by atoms with van der Waals surface area (Å²) >= 11 is 0. The molecule has 0 atom stereocenters. The summed E-state index contributed by atoms with van der Waals surface area (Å²) in [6, 6.07) is 6.92. The summed E-state index contributed by atoms with van der Waals surface area (Å²) in [7, 11) is 0. The van der Waals surface area contributed by atoms with Gasteiger partial charge in [0.2, 0.25) is 0 Å². The first-order valence-electron chi connectivity index (χ1n) is 6.83. The molecule has 0 N–H and O–H groups in total. The second-order valence-corrected chi connectivity index (χ2v) is 5.14. The summed E-state index contributed by atoms with van der Waals surface area (Å²) in [5, 5.41) is 0.